The molecule has 0 aliphatic carbocycles. The average molecular weight is 305 g/mol. The molecule has 0 aromatic carbocycles. The molecule has 0 bridgehead atoms. The molecule has 0 saturated heterocycles. The van der Waals surface area contributed by atoms with E-state index in [0.29, 0.717) is 12.4 Å². The van der Waals surface area contributed by atoms with Crippen molar-refractivity contribution in [1.82, 2.24) is 19.3 Å². The van der Waals surface area contributed by atoms with Crippen molar-refractivity contribution in [1.29, 1.82) is 0 Å². The smallest absolute Gasteiger partial charge is 0.158 e. The summed E-state index contributed by atoms with van der Waals surface area (Å²) in [6, 6.07) is 0. The third-order valence-electron chi connectivity index (χ3n) is 3.01. The Kier molecular flexibility index (Phi) is 3.87. The van der Waals surface area contributed by atoms with Crippen LogP contribution in [0.2, 0.25) is 0 Å². The second kappa shape index (κ2) is 5.13. The summed E-state index contributed by atoms with van der Waals surface area (Å²) in [7, 11) is -1.20. The van der Waals surface area contributed by atoms with Crippen LogP contribution in [0.15, 0.2) is 0 Å². The molecule has 0 aliphatic rings. The molecule has 0 amide bonds. The highest BCUT2D eigenvalue weighted by molar-refractivity contribution is 7.90. The first kappa shape index (κ1) is 14.3. The summed E-state index contributed by atoms with van der Waals surface area (Å²) in [5.74, 6) is 0.999. The van der Waals surface area contributed by atoms with E-state index in [9.17, 15) is 8.42 Å². The van der Waals surface area contributed by atoms with Gasteiger partial charge in [0.05, 0.1) is 17.3 Å². The van der Waals surface area contributed by atoms with Gasteiger partial charge < -0.3 is 4.57 Å². The molecule has 0 spiro atoms. The van der Waals surface area contributed by atoms with Crippen molar-refractivity contribution in [2.45, 2.75) is 25.8 Å². The summed E-state index contributed by atoms with van der Waals surface area (Å²) in [4.78, 5) is 4.48. The minimum Gasteiger partial charge on any atom is -0.311 e. The Morgan fingerprint density at radius 3 is 2.58 bits per heavy atom. The van der Waals surface area contributed by atoms with E-state index in [1.165, 1.54) is 6.26 Å². The number of fused-ring (bicyclic) bond motifs is 1. The maximum absolute atomic E-state index is 11.3. The van der Waals surface area contributed by atoms with Gasteiger partial charge in [0.25, 0.3) is 0 Å². The number of alkyl halides is 1. The zero-order valence-corrected chi connectivity index (χ0v) is 12.8. The van der Waals surface area contributed by atoms with E-state index in [4.69, 9.17) is 11.6 Å². The van der Waals surface area contributed by atoms with Gasteiger partial charge in [-0.1, -0.05) is 6.92 Å². The predicted molar refractivity (Wildman–Crippen MR) is 75.1 cm³/mol. The van der Waals surface area contributed by atoms with Crippen molar-refractivity contribution in [2.24, 2.45) is 7.05 Å². The van der Waals surface area contributed by atoms with Crippen LogP contribution in [0.3, 0.4) is 0 Å². The fraction of sp³-hybridized carbons (Fsp3) is 0.636. The van der Waals surface area contributed by atoms with Crippen molar-refractivity contribution in [2.75, 3.05) is 12.0 Å². The fourth-order valence-electron chi connectivity index (χ4n) is 2.12. The Balaban J connectivity index is 2.54. The van der Waals surface area contributed by atoms with E-state index < -0.39 is 9.84 Å². The van der Waals surface area contributed by atoms with E-state index in [-0.39, 0.29) is 11.6 Å². The molecule has 2 heterocycles. The Morgan fingerprint density at radius 2 is 2.05 bits per heavy atom. The number of hydrogen-bond acceptors (Lipinski definition) is 4. The molecule has 2 aromatic rings. The van der Waals surface area contributed by atoms with Gasteiger partial charge in [-0.05, 0) is 6.42 Å². The van der Waals surface area contributed by atoms with Gasteiger partial charge in [-0.25, -0.2) is 13.4 Å². The van der Waals surface area contributed by atoms with Gasteiger partial charge in [0.15, 0.2) is 5.65 Å². The summed E-state index contributed by atoms with van der Waals surface area (Å²) in [5.41, 5.74) is 2.55. The number of nitrogens with zero attached hydrogens (tertiary/aromatic N) is 4. The highest BCUT2D eigenvalue weighted by Gasteiger charge is 2.18. The van der Waals surface area contributed by atoms with Crippen molar-refractivity contribution in [3.8, 4) is 0 Å². The molecule has 2 rings (SSSR count). The SMILES string of the molecule is CCc1nn(C)c2c1nc(CCl)n2CCS(C)(=O)=O. The number of rotatable bonds is 5. The predicted octanol–water partition coefficient (Wildman–Crippen LogP) is 1.12. The Hall–Kier alpha value is -1.08. The van der Waals surface area contributed by atoms with Crippen molar-refractivity contribution in [3.63, 3.8) is 0 Å². The molecule has 0 N–H and O–H groups in total. The van der Waals surface area contributed by atoms with Gasteiger partial charge in [0.2, 0.25) is 0 Å². The standard InChI is InChI=1S/C11H17ClN4O2S/c1-4-8-10-11(15(2)14-8)16(9(7-12)13-10)5-6-19(3,17)18/h4-7H2,1-3H3. The Bertz CT molecular complexity index is 702. The molecule has 8 heteroatoms. The second-order valence-electron chi connectivity index (χ2n) is 4.54. The minimum absolute atomic E-state index is 0.0645. The van der Waals surface area contributed by atoms with Crippen LogP contribution in [-0.4, -0.2) is 39.8 Å². The summed E-state index contributed by atoms with van der Waals surface area (Å²) < 4.78 is 26.2. The lowest BCUT2D eigenvalue weighted by atomic mass is 10.3. The topological polar surface area (TPSA) is 69.8 Å². The lowest BCUT2D eigenvalue weighted by molar-refractivity contribution is 0.592. The number of aromatic nitrogens is 4. The normalized spacial score (nSPS) is 12.4. The molecular formula is C11H17ClN4O2S. The number of aryl methyl sites for hydroxylation is 3. The molecule has 0 atom stereocenters. The van der Waals surface area contributed by atoms with Crippen molar-refractivity contribution >= 4 is 32.6 Å². The largest absolute Gasteiger partial charge is 0.311 e. The van der Waals surface area contributed by atoms with E-state index in [1.807, 2.05) is 18.5 Å². The zero-order chi connectivity index (χ0) is 14.2. The monoisotopic (exact) mass is 304 g/mol. The van der Waals surface area contributed by atoms with E-state index in [1.54, 1.807) is 4.68 Å². The zero-order valence-electron chi connectivity index (χ0n) is 11.2. The summed E-state index contributed by atoms with van der Waals surface area (Å²) in [6.45, 7) is 2.36. The molecule has 6 nitrogen and oxygen atoms in total. The van der Waals surface area contributed by atoms with Crippen LogP contribution in [0.1, 0.15) is 18.4 Å². The molecule has 0 saturated carbocycles. The highest BCUT2D eigenvalue weighted by Crippen LogP contribution is 2.21. The fourth-order valence-corrected chi connectivity index (χ4v) is 2.84. The van der Waals surface area contributed by atoms with E-state index in [0.717, 1.165) is 23.3 Å². The third kappa shape index (κ3) is 2.76. The van der Waals surface area contributed by atoms with E-state index in [2.05, 4.69) is 10.1 Å². The Labute approximate surface area is 117 Å². The molecule has 0 radical (unpaired) electrons. The number of sulfone groups is 1. The lowest BCUT2D eigenvalue weighted by Gasteiger charge is -2.07. The lowest BCUT2D eigenvalue weighted by Crippen LogP contribution is -2.14. The highest BCUT2D eigenvalue weighted by atomic mass is 35.5. The number of hydrogen-bond donors (Lipinski definition) is 0. The maximum atomic E-state index is 11.3. The first-order chi connectivity index (χ1) is 8.87. The first-order valence-electron chi connectivity index (χ1n) is 6.02. The van der Waals surface area contributed by atoms with Crippen molar-refractivity contribution < 1.29 is 8.42 Å². The van der Waals surface area contributed by atoms with Crippen LogP contribution in [0.5, 0.6) is 0 Å². The maximum Gasteiger partial charge on any atom is 0.158 e. The summed E-state index contributed by atoms with van der Waals surface area (Å²) in [5, 5.41) is 4.39. The van der Waals surface area contributed by atoms with Gasteiger partial charge in [-0.15, -0.1) is 11.6 Å². The van der Waals surface area contributed by atoms with E-state index >= 15 is 0 Å². The molecular weight excluding hydrogens is 288 g/mol. The van der Waals surface area contributed by atoms with Gasteiger partial charge in [0, 0.05) is 19.8 Å². The Morgan fingerprint density at radius 1 is 1.37 bits per heavy atom. The summed E-state index contributed by atoms with van der Waals surface area (Å²) >= 11 is 5.90. The molecule has 0 unspecified atom stereocenters. The second-order valence-corrected chi connectivity index (χ2v) is 7.07. The van der Waals surface area contributed by atoms with Gasteiger partial charge in [-0.3, -0.25) is 4.68 Å². The molecule has 0 aliphatic heterocycles. The van der Waals surface area contributed by atoms with Gasteiger partial charge >= 0.3 is 0 Å². The van der Waals surface area contributed by atoms with Crippen LogP contribution in [-0.2, 0) is 35.7 Å². The minimum atomic E-state index is -3.03. The van der Waals surface area contributed by atoms with Crippen molar-refractivity contribution in [3.05, 3.63) is 11.5 Å². The number of imidazole rings is 1. The molecule has 19 heavy (non-hydrogen) atoms. The van der Waals surface area contributed by atoms with Crippen LogP contribution in [0.4, 0.5) is 0 Å². The molecule has 106 valence electrons. The van der Waals surface area contributed by atoms with Gasteiger partial charge in [0.1, 0.15) is 21.2 Å². The number of halogens is 1. The first-order valence-corrected chi connectivity index (χ1v) is 8.61. The van der Waals surface area contributed by atoms with Crippen LogP contribution in [0, 0.1) is 0 Å². The summed E-state index contributed by atoms with van der Waals surface area (Å²) in [6.07, 6.45) is 2.00. The molecule has 0 fully saturated rings. The van der Waals surface area contributed by atoms with Crippen LogP contribution >= 0.6 is 11.6 Å². The van der Waals surface area contributed by atoms with Crippen LogP contribution in [0.25, 0.3) is 11.2 Å². The third-order valence-corrected chi connectivity index (χ3v) is 4.17. The quantitative estimate of drug-likeness (QED) is 0.776. The average Bonchev–Trinajstić information content (AvgIpc) is 2.83. The van der Waals surface area contributed by atoms with Crippen LogP contribution < -0.4 is 0 Å². The van der Waals surface area contributed by atoms with Gasteiger partial charge in [-0.2, -0.15) is 5.10 Å². The molecule has 2 aromatic heterocycles.